The van der Waals surface area contributed by atoms with Gasteiger partial charge in [0.2, 0.25) is 0 Å². The molecule has 1 unspecified atom stereocenters. The number of nitrogens with two attached hydrogens (primary N) is 1. The van der Waals surface area contributed by atoms with Crippen LogP contribution < -0.4 is 5.73 Å². The zero-order valence-corrected chi connectivity index (χ0v) is 10.8. The molecule has 0 bridgehead atoms. The van der Waals surface area contributed by atoms with Crippen molar-refractivity contribution < 1.29 is 0 Å². The summed E-state index contributed by atoms with van der Waals surface area (Å²) in [4.78, 5) is 8.87. The Labute approximate surface area is 109 Å². The van der Waals surface area contributed by atoms with Crippen molar-refractivity contribution in [3.8, 4) is 10.6 Å². The molecular weight excluding hydrogens is 242 g/mol. The molecule has 3 aromatic rings. The van der Waals surface area contributed by atoms with Gasteiger partial charge in [-0.3, -0.25) is 4.98 Å². The van der Waals surface area contributed by atoms with Crippen LogP contribution in [0.3, 0.4) is 0 Å². The Morgan fingerprint density at radius 3 is 2.94 bits per heavy atom. The van der Waals surface area contributed by atoms with Gasteiger partial charge in [0.1, 0.15) is 5.01 Å². The molecule has 0 saturated carbocycles. The number of rotatable bonds is 2. The number of hydrogen-bond donors (Lipinski definition) is 1. The smallest absolute Gasteiger partial charge is 0.123 e. The SMILES string of the molecule is CC(N)c1csc(-c2ccc3ncccc3c2)n1. The molecule has 90 valence electrons. The molecule has 0 spiro atoms. The first-order valence-corrected chi connectivity index (χ1v) is 6.68. The fraction of sp³-hybridized carbons (Fsp3) is 0.143. The molecule has 0 amide bonds. The van der Waals surface area contributed by atoms with Crippen LogP contribution in [-0.2, 0) is 0 Å². The summed E-state index contributed by atoms with van der Waals surface area (Å²) in [6, 6.07) is 10.2. The fourth-order valence-corrected chi connectivity index (χ4v) is 2.76. The van der Waals surface area contributed by atoms with E-state index in [1.54, 1.807) is 17.5 Å². The highest BCUT2D eigenvalue weighted by Gasteiger charge is 2.08. The van der Waals surface area contributed by atoms with E-state index in [0.717, 1.165) is 27.2 Å². The number of nitrogens with zero attached hydrogens (tertiary/aromatic N) is 2. The van der Waals surface area contributed by atoms with Crippen LogP contribution in [0.25, 0.3) is 21.5 Å². The Hall–Kier alpha value is -1.78. The molecule has 0 fully saturated rings. The molecule has 2 N–H and O–H groups in total. The first-order chi connectivity index (χ1) is 8.74. The van der Waals surface area contributed by atoms with Gasteiger partial charge in [-0.25, -0.2) is 4.98 Å². The second-order valence-electron chi connectivity index (χ2n) is 4.28. The van der Waals surface area contributed by atoms with E-state index in [0.29, 0.717) is 0 Å². The Morgan fingerprint density at radius 2 is 2.17 bits per heavy atom. The van der Waals surface area contributed by atoms with E-state index in [2.05, 4.69) is 28.2 Å². The van der Waals surface area contributed by atoms with Gasteiger partial charge in [0.25, 0.3) is 0 Å². The van der Waals surface area contributed by atoms with Crippen LogP contribution in [0.15, 0.2) is 41.9 Å². The first-order valence-electron chi connectivity index (χ1n) is 5.80. The van der Waals surface area contributed by atoms with Crippen LogP contribution in [0.5, 0.6) is 0 Å². The Balaban J connectivity index is 2.07. The molecule has 2 aromatic heterocycles. The maximum Gasteiger partial charge on any atom is 0.123 e. The summed E-state index contributed by atoms with van der Waals surface area (Å²) < 4.78 is 0. The van der Waals surface area contributed by atoms with Gasteiger partial charge in [0, 0.05) is 28.6 Å². The zero-order valence-electron chi connectivity index (χ0n) is 10.00. The van der Waals surface area contributed by atoms with Gasteiger partial charge in [-0.2, -0.15) is 0 Å². The van der Waals surface area contributed by atoms with Gasteiger partial charge in [0.15, 0.2) is 0 Å². The Morgan fingerprint density at radius 1 is 1.28 bits per heavy atom. The van der Waals surface area contributed by atoms with Gasteiger partial charge in [0.05, 0.1) is 11.2 Å². The van der Waals surface area contributed by atoms with E-state index in [1.165, 1.54) is 0 Å². The maximum absolute atomic E-state index is 5.83. The number of aromatic nitrogens is 2. The fourth-order valence-electron chi connectivity index (χ4n) is 1.84. The van der Waals surface area contributed by atoms with Crippen LogP contribution in [-0.4, -0.2) is 9.97 Å². The topological polar surface area (TPSA) is 51.8 Å². The third kappa shape index (κ3) is 2.00. The van der Waals surface area contributed by atoms with E-state index in [9.17, 15) is 0 Å². The molecule has 1 atom stereocenters. The highest BCUT2D eigenvalue weighted by molar-refractivity contribution is 7.13. The maximum atomic E-state index is 5.83. The van der Waals surface area contributed by atoms with Crippen molar-refractivity contribution in [1.82, 2.24) is 9.97 Å². The minimum absolute atomic E-state index is 0.0166. The van der Waals surface area contributed by atoms with Crippen molar-refractivity contribution in [3.63, 3.8) is 0 Å². The lowest BCUT2D eigenvalue weighted by Crippen LogP contribution is -2.04. The predicted molar refractivity (Wildman–Crippen MR) is 75.5 cm³/mol. The normalized spacial score (nSPS) is 12.8. The molecule has 4 heteroatoms. The average molecular weight is 255 g/mol. The monoisotopic (exact) mass is 255 g/mol. The molecule has 1 aromatic carbocycles. The van der Waals surface area contributed by atoms with Crippen LogP contribution >= 0.6 is 11.3 Å². The van der Waals surface area contributed by atoms with E-state index >= 15 is 0 Å². The quantitative estimate of drug-likeness (QED) is 0.763. The van der Waals surface area contributed by atoms with Crippen molar-refractivity contribution in [2.45, 2.75) is 13.0 Å². The van der Waals surface area contributed by atoms with E-state index < -0.39 is 0 Å². The Kier molecular flexibility index (Phi) is 2.81. The number of hydrogen-bond acceptors (Lipinski definition) is 4. The van der Waals surface area contributed by atoms with Crippen LogP contribution in [0.2, 0.25) is 0 Å². The van der Waals surface area contributed by atoms with Crippen molar-refractivity contribution in [2.24, 2.45) is 5.73 Å². The minimum Gasteiger partial charge on any atom is -0.323 e. The lowest BCUT2D eigenvalue weighted by Gasteiger charge is -2.00. The molecular formula is C14H13N3S. The predicted octanol–water partition coefficient (Wildman–Crippen LogP) is 3.38. The first kappa shape index (κ1) is 11.3. The Bertz CT molecular complexity index is 688. The molecule has 2 heterocycles. The van der Waals surface area contributed by atoms with Gasteiger partial charge < -0.3 is 5.73 Å². The number of fused-ring (bicyclic) bond motifs is 1. The van der Waals surface area contributed by atoms with E-state index in [4.69, 9.17) is 5.73 Å². The van der Waals surface area contributed by atoms with Gasteiger partial charge in [-0.1, -0.05) is 6.07 Å². The van der Waals surface area contributed by atoms with Crippen molar-refractivity contribution in [2.75, 3.05) is 0 Å². The highest BCUT2D eigenvalue weighted by Crippen LogP contribution is 2.27. The summed E-state index contributed by atoms with van der Waals surface area (Å²) >= 11 is 1.63. The summed E-state index contributed by atoms with van der Waals surface area (Å²) in [5.41, 5.74) is 8.90. The van der Waals surface area contributed by atoms with Crippen LogP contribution in [0.1, 0.15) is 18.7 Å². The minimum atomic E-state index is -0.0166. The lowest BCUT2D eigenvalue weighted by atomic mass is 10.1. The summed E-state index contributed by atoms with van der Waals surface area (Å²) in [6.07, 6.45) is 1.81. The largest absolute Gasteiger partial charge is 0.323 e. The molecule has 0 saturated heterocycles. The zero-order chi connectivity index (χ0) is 12.5. The number of benzene rings is 1. The van der Waals surface area contributed by atoms with Crippen molar-refractivity contribution in [1.29, 1.82) is 0 Å². The van der Waals surface area contributed by atoms with Gasteiger partial charge in [-0.05, 0) is 31.2 Å². The number of pyridine rings is 1. The summed E-state index contributed by atoms with van der Waals surface area (Å²) in [6.45, 7) is 1.95. The number of thiazole rings is 1. The highest BCUT2D eigenvalue weighted by atomic mass is 32.1. The second-order valence-corrected chi connectivity index (χ2v) is 5.14. The molecule has 0 aliphatic heterocycles. The van der Waals surface area contributed by atoms with Crippen LogP contribution in [0, 0.1) is 0 Å². The van der Waals surface area contributed by atoms with Crippen molar-refractivity contribution >= 4 is 22.2 Å². The standard InChI is InChI=1S/C14H13N3S/c1-9(15)13-8-18-14(17-13)11-4-5-12-10(7-11)3-2-6-16-12/h2-9H,15H2,1H3. The third-order valence-corrected chi connectivity index (χ3v) is 3.75. The molecule has 3 rings (SSSR count). The van der Waals surface area contributed by atoms with Crippen LogP contribution in [0.4, 0.5) is 0 Å². The molecule has 18 heavy (non-hydrogen) atoms. The summed E-state index contributed by atoms with van der Waals surface area (Å²) in [7, 11) is 0. The molecule has 0 aliphatic rings. The summed E-state index contributed by atoms with van der Waals surface area (Å²) in [5, 5.41) is 4.16. The molecule has 0 aliphatic carbocycles. The second kappa shape index (κ2) is 4.48. The van der Waals surface area contributed by atoms with Gasteiger partial charge in [-0.15, -0.1) is 11.3 Å². The van der Waals surface area contributed by atoms with E-state index in [1.807, 2.05) is 24.4 Å². The average Bonchev–Trinajstić information content (AvgIpc) is 2.88. The van der Waals surface area contributed by atoms with Gasteiger partial charge >= 0.3 is 0 Å². The summed E-state index contributed by atoms with van der Waals surface area (Å²) in [5.74, 6) is 0. The van der Waals surface area contributed by atoms with E-state index in [-0.39, 0.29) is 6.04 Å². The molecule has 3 nitrogen and oxygen atoms in total. The molecule has 0 radical (unpaired) electrons. The van der Waals surface area contributed by atoms with Crippen molar-refractivity contribution in [3.05, 3.63) is 47.6 Å². The lowest BCUT2D eigenvalue weighted by molar-refractivity contribution is 0.790. The third-order valence-electron chi connectivity index (χ3n) is 2.84.